The minimum atomic E-state index is -4.59. The Hall–Kier alpha value is -2.04. The molecule has 7 nitrogen and oxygen atoms in total. The smallest absolute Gasteiger partial charge is 0.408 e. The highest BCUT2D eigenvalue weighted by atomic mass is 79.9. The number of halogens is 4. The van der Waals surface area contributed by atoms with Gasteiger partial charge >= 0.3 is 12.3 Å². The number of anilines is 1. The van der Waals surface area contributed by atoms with Gasteiger partial charge in [0.15, 0.2) is 5.82 Å². The van der Waals surface area contributed by atoms with Gasteiger partial charge in [0.25, 0.3) is 0 Å². The number of alkyl halides is 3. The molecule has 3 N–H and O–H groups in total. The van der Waals surface area contributed by atoms with Crippen LogP contribution in [0.1, 0.15) is 24.6 Å². The highest BCUT2D eigenvalue weighted by Gasteiger charge is 2.49. The number of nitrogens with two attached hydrogens (primary N) is 1. The SMILES string of the molecule is Nc1nccn2c(C3CCC(C(F)(F)F)N(C(=O)O)C3)nc(Br)c12. The number of carbonyl (C=O) groups is 1. The minimum Gasteiger partial charge on any atom is -0.465 e. The van der Waals surface area contributed by atoms with Gasteiger partial charge in [-0.3, -0.25) is 9.30 Å². The fraction of sp³-hybridized carbons (Fsp3) is 0.462. The first-order valence-corrected chi connectivity index (χ1v) is 7.83. The third kappa shape index (κ3) is 2.76. The van der Waals surface area contributed by atoms with Crippen molar-refractivity contribution >= 4 is 33.4 Å². The van der Waals surface area contributed by atoms with Crippen LogP contribution in [-0.2, 0) is 0 Å². The lowest BCUT2D eigenvalue weighted by molar-refractivity contribution is -0.186. The molecule has 1 aliphatic rings. The number of nitrogen functional groups attached to an aromatic ring is 1. The summed E-state index contributed by atoms with van der Waals surface area (Å²) >= 11 is 3.26. The summed E-state index contributed by atoms with van der Waals surface area (Å²) in [5.41, 5.74) is 6.31. The van der Waals surface area contributed by atoms with Gasteiger partial charge in [-0.05, 0) is 28.8 Å². The van der Waals surface area contributed by atoms with E-state index >= 15 is 0 Å². The zero-order chi connectivity index (χ0) is 17.6. The average Bonchev–Trinajstić information content (AvgIpc) is 2.84. The number of amides is 1. The molecule has 2 atom stereocenters. The lowest BCUT2D eigenvalue weighted by atomic mass is 9.92. The molecule has 2 unspecified atom stereocenters. The Morgan fingerprint density at radius 3 is 2.75 bits per heavy atom. The van der Waals surface area contributed by atoms with Crippen LogP contribution in [0.5, 0.6) is 0 Å². The molecular formula is C13H13BrF3N5O2. The third-order valence-electron chi connectivity index (χ3n) is 4.14. The van der Waals surface area contributed by atoms with Crippen molar-refractivity contribution in [1.29, 1.82) is 0 Å². The van der Waals surface area contributed by atoms with Crippen LogP contribution in [0.2, 0.25) is 0 Å². The maximum absolute atomic E-state index is 13.0. The first-order chi connectivity index (χ1) is 11.2. The van der Waals surface area contributed by atoms with E-state index in [1.54, 1.807) is 10.6 Å². The molecule has 24 heavy (non-hydrogen) atoms. The molecule has 0 aliphatic carbocycles. The number of likely N-dealkylation sites (tertiary alicyclic amines) is 1. The van der Waals surface area contributed by atoms with Crippen molar-refractivity contribution in [3.05, 3.63) is 22.8 Å². The first kappa shape index (κ1) is 16.8. The van der Waals surface area contributed by atoms with Crippen molar-refractivity contribution in [3.63, 3.8) is 0 Å². The number of hydrogen-bond donors (Lipinski definition) is 2. The van der Waals surface area contributed by atoms with E-state index in [9.17, 15) is 18.0 Å². The van der Waals surface area contributed by atoms with Crippen molar-refractivity contribution in [2.75, 3.05) is 12.3 Å². The van der Waals surface area contributed by atoms with E-state index in [-0.39, 0.29) is 25.2 Å². The van der Waals surface area contributed by atoms with Gasteiger partial charge in [-0.1, -0.05) is 0 Å². The van der Waals surface area contributed by atoms with E-state index < -0.39 is 24.2 Å². The van der Waals surface area contributed by atoms with E-state index in [1.165, 1.54) is 6.20 Å². The molecular weight excluding hydrogens is 395 g/mol. The van der Waals surface area contributed by atoms with Gasteiger partial charge < -0.3 is 10.8 Å². The van der Waals surface area contributed by atoms with E-state index in [2.05, 4.69) is 25.9 Å². The van der Waals surface area contributed by atoms with Crippen LogP contribution in [0, 0.1) is 0 Å². The van der Waals surface area contributed by atoms with Crippen LogP contribution in [0.25, 0.3) is 5.52 Å². The van der Waals surface area contributed by atoms with Crippen LogP contribution in [0.4, 0.5) is 23.8 Å². The van der Waals surface area contributed by atoms with Crippen LogP contribution in [-0.4, -0.2) is 49.2 Å². The standard InChI is InChI=1S/C13H13BrF3N5O2/c14-9-8-10(18)19-3-4-21(8)11(20-9)6-1-2-7(13(15,16)17)22(5-6)12(23)24/h3-4,6-7H,1-2,5H2,(H2,18,19)(H,23,24). The van der Waals surface area contributed by atoms with Gasteiger partial charge in [0.2, 0.25) is 0 Å². The molecule has 0 radical (unpaired) electrons. The third-order valence-corrected chi connectivity index (χ3v) is 4.69. The van der Waals surface area contributed by atoms with Crippen molar-refractivity contribution in [1.82, 2.24) is 19.3 Å². The minimum absolute atomic E-state index is 0.168. The predicted molar refractivity (Wildman–Crippen MR) is 81.6 cm³/mol. The molecule has 0 saturated carbocycles. The number of piperidine rings is 1. The summed E-state index contributed by atoms with van der Waals surface area (Å²) in [7, 11) is 0. The number of fused-ring (bicyclic) bond motifs is 1. The van der Waals surface area contributed by atoms with E-state index in [0.29, 0.717) is 20.8 Å². The van der Waals surface area contributed by atoms with E-state index in [1.807, 2.05) is 0 Å². The number of imidazole rings is 1. The van der Waals surface area contributed by atoms with Gasteiger partial charge in [-0.15, -0.1) is 0 Å². The number of aromatic nitrogens is 3. The molecule has 1 saturated heterocycles. The average molecular weight is 408 g/mol. The quantitative estimate of drug-likeness (QED) is 0.757. The fourth-order valence-corrected chi connectivity index (χ4v) is 3.64. The summed E-state index contributed by atoms with van der Waals surface area (Å²) in [4.78, 5) is 20.0. The molecule has 11 heteroatoms. The molecule has 130 valence electrons. The molecule has 1 fully saturated rings. The molecule has 0 aromatic carbocycles. The second-order valence-corrected chi connectivity index (χ2v) is 6.31. The maximum Gasteiger partial charge on any atom is 0.408 e. The molecule has 3 heterocycles. The topological polar surface area (TPSA) is 96.8 Å². The van der Waals surface area contributed by atoms with Crippen molar-refractivity contribution in [2.45, 2.75) is 31.0 Å². The highest BCUT2D eigenvalue weighted by molar-refractivity contribution is 9.10. The van der Waals surface area contributed by atoms with E-state index in [4.69, 9.17) is 10.8 Å². The van der Waals surface area contributed by atoms with Crippen LogP contribution in [0.15, 0.2) is 17.0 Å². The second kappa shape index (κ2) is 5.80. The Morgan fingerprint density at radius 1 is 1.42 bits per heavy atom. The lowest BCUT2D eigenvalue weighted by Crippen LogP contribution is -2.52. The zero-order valence-corrected chi connectivity index (χ0v) is 13.8. The monoisotopic (exact) mass is 407 g/mol. The van der Waals surface area contributed by atoms with Crippen LogP contribution < -0.4 is 5.73 Å². The molecule has 0 spiro atoms. The summed E-state index contributed by atoms with van der Waals surface area (Å²) in [6.07, 6.45) is -3.28. The number of nitrogens with zero attached hydrogens (tertiary/aromatic N) is 4. The van der Waals surface area contributed by atoms with Crippen molar-refractivity contribution in [3.8, 4) is 0 Å². The van der Waals surface area contributed by atoms with Crippen LogP contribution >= 0.6 is 15.9 Å². The summed E-state index contributed by atoms with van der Waals surface area (Å²) in [6.45, 7) is -0.284. The summed E-state index contributed by atoms with van der Waals surface area (Å²) in [5.74, 6) is 0.209. The molecule has 2 aromatic heterocycles. The molecule has 0 bridgehead atoms. The molecule has 3 rings (SSSR count). The Labute approximate surface area is 142 Å². The zero-order valence-electron chi connectivity index (χ0n) is 12.2. The summed E-state index contributed by atoms with van der Waals surface area (Å²) in [6, 6.07) is -1.99. The van der Waals surface area contributed by atoms with Crippen molar-refractivity contribution in [2.24, 2.45) is 0 Å². The van der Waals surface area contributed by atoms with E-state index in [0.717, 1.165) is 0 Å². The van der Waals surface area contributed by atoms with Gasteiger partial charge in [-0.25, -0.2) is 14.8 Å². The Kier molecular flexibility index (Phi) is 4.06. The first-order valence-electron chi connectivity index (χ1n) is 7.04. The molecule has 1 aliphatic heterocycles. The van der Waals surface area contributed by atoms with Crippen molar-refractivity contribution < 1.29 is 23.1 Å². The summed E-state index contributed by atoms with van der Waals surface area (Å²) < 4.78 is 41.1. The van der Waals surface area contributed by atoms with Gasteiger partial charge in [0.1, 0.15) is 22.0 Å². The second-order valence-electron chi connectivity index (χ2n) is 5.56. The fourth-order valence-electron chi connectivity index (χ4n) is 3.06. The number of hydrogen-bond acceptors (Lipinski definition) is 4. The lowest BCUT2D eigenvalue weighted by Gasteiger charge is -2.38. The van der Waals surface area contributed by atoms with Gasteiger partial charge in [-0.2, -0.15) is 13.2 Å². The molecule has 1 amide bonds. The Balaban J connectivity index is 1.98. The normalized spacial score (nSPS) is 22.1. The van der Waals surface area contributed by atoms with Gasteiger partial charge in [0, 0.05) is 24.9 Å². The number of carboxylic acid groups (broad SMARTS) is 1. The largest absolute Gasteiger partial charge is 0.465 e. The Morgan fingerprint density at radius 2 is 2.12 bits per heavy atom. The Bertz CT molecular complexity index is 794. The summed E-state index contributed by atoms with van der Waals surface area (Å²) in [5, 5.41) is 9.16. The number of rotatable bonds is 1. The molecule has 2 aromatic rings. The maximum atomic E-state index is 13.0. The van der Waals surface area contributed by atoms with Crippen LogP contribution in [0.3, 0.4) is 0 Å². The predicted octanol–water partition coefficient (Wildman–Crippen LogP) is 2.86. The highest BCUT2D eigenvalue weighted by Crippen LogP contribution is 2.38. The van der Waals surface area contributed by atoms with Gasteiger partial charge in [0.05, 0.1) is 0 Å².